The largest absolute Gasteiger partial charge is 0.392 e. The number of aliphatic hydroxyl groups is 1. The number of nitrogens with one attached hydrogen (secondary N) is 1. The van der Waals surface area contributed by atoms with Crippen molar-refractivity contribution in [2.75, 3.05) is 0 Å². The van der Waals surface area contributed by atoms with Gasteiger partial charge in [-0.05, 0) is 35.4 Å². The zero-order chi connectivity index (χ0) is 14.6. The van der Waals surface area contributed by atoms with Gasteiger partial charge in [0.1, 0.15) is 0 Å². The van der Waals surface area contributed by atoms with Crippen LogP contribution in [0.15, 0.2) is 57.9 Å². The highest BCUT2D eigenvalue weighted by Gasteiger charge is 2.13. The molecule has 0 amide bonds. The Kier molecular flexibility index (Phi) is 4.93. The van der Waals surface area contributed by atoms with Crippen LogP contribution in [0.3, 0.4) is 0 Å². The summed E-state index contributed by atoms with van der Waals surface area (Å²) in [4.78, 5) is 0.229. The molecule has 0 aliphatic heterocycles. The fraction of sp³-hybridized carbons (Fsp3) is 0.143. The molecule has 0 aromatic heterocycles. The molecule has 4 nitrogen and oxygen atoms in total. The van der Waals surface area contributed by atoms with E-state index in [2.05, 4.69) is 20.7 Å². The molecule has 2 aromatic carbocycles. The third kappa shape index (κ3) is 3.89. The monoisotopic (exact) mass is 355 g/mol. The summed E-state index contributed by atoms with van der Waals surface area (Å²) >= 11 is 3.27. The molecular weight excluding hydrogens is 342 g/mol. The molecule has 2 rings (SSSR count). The minimum Gasteiger partial charge on any atom is -0.392 e. The van der Waals surface area contributed by atoms with Crippen LogP contribution >= 0.6 is 15.9 Å². The molecule has 0 heterocycles. The van der Waals surface area contributed by atoms with E-state index < -0.39 is 10.0 Å². The van der Waals surface area contributed by atoms with Gasteiger partial charge in [-0.1, -0.05) is 40.2 Å². The first-order valence-corrected chi connectivity index (χ1v) is 8.23. The number of sulfonamides is 1. The number of halogens is 1. The van der Waals surface area contributed by atoms with Gasteiger partial charge in [0.05, 0.1) is 11.5 Å². The molecule has 0 saturated carbocycles. The van der Waals surface area contributed by atoms with Crippen LogP contribution in [-0.2, 0) is 23.2 Å². The lowest BCUT2D eigenvalue weighted by Crippen LogP contribution is -2.23. The molecule has 106 valence electrons. The molecule has 0 unspecified atom stereocenters. The van der Waals surface area contributed by atoms with Gasteiger partial charge in [-0.25, -0.2) is 13.1 Å². The summed E-state index contributed by atoms with van der Waals surface area (Å²) in [5.74, 6) is 0. The lowest BCUT2D eigenvalue weighted by Gasteiger charge is -2.07. The minimum atomic E-state index is -3.51. The SMILES string of the molecule is O=S(=O)(NCc1ccc(CO)cc1)c1ccc(Br)cc1. The fourth-order valence-electron chi connectivity index (χ4n) is 1.64. The zero-order valence-electron chi connectivity index (χ0n) is 10.6. The third-order valence-electron chi connectivity index (χ3n) is 2.80. The van der Waals surface area contributed by atoms with Crippen molar-refractivity contribution in [3.63, 3.8) is 0 Å². The summed E-state index contributed by atoms with van der Waals surface area (Å²) in [5, 5.41) is 8.94. The quantitative estimate of drug-likeness (QED) is 0.865. The van der Waals surface area contributed by atoms with E-state index in [1.165, 1.54) is 0 Å². The van der Waals surface area contributed by atoms with E-state index >= 15 is 0 Å². The van der Waals surface area contributed by atoms with Gasteiger partial charge < -0.3 is 5.11 Å². The molecule has 0 saturated heterocycles. The van der Waals surface area contributed by atoms with Crippen molar-refractivity contribution in [2.24, 2.45) is 0 Å². The normalized spacial score (nSPS) is 11.5. The molecule has 20 heavy (non-hydrogen) atoms. The first-order chi connectivity index (χ1) is 9.51. The maximum absolute atomic E-state index is 12.1. The summed E-state index contributed by atoms with van der Waals surface area (Å²) < 4.78 is 27.5. The van der Waals surface area contributed by atoms with Crippen LogP contribution in [0.4, 0.5) is 0 Å². The van der Waals surface area contributed by atoms with Gasteiger partial charge in [0.2, 0.25) is 10.0 Å². The number of benzene rings is 2. The van der Waals surface area contributed by atoms with Crippen molar-refractivity contribution in [1.82, 2.24) is 4.72 Å². The van der Waals surface area contributed by atoms with Crippen LogP contribution in [0.2, 0.25) is 0 Å². The van der Waals surface area contributed by atoms with Crippen LogP contribution in [0.1, 0.15) is 11.1 Å². The molecule has 0 spiro atoms. The van der Waals surface area contributed by atoms with E-state index in [1.807, 2.05) is 0 Å². The molecule has 2 aromatic rings. The van der Waals surface area contributed by atoms with Crippen LogP contribution in [0.25, 0.3) is 0 Å². The van der Waals surface area contributed by atoms with Gasteiger partial charge in [-0.15, -0.1) is 0 Å². The summed E-state index contributed by atoms with van der Waals surface area (Å²) in [6.07, 6.45) is 0. The smallest absolute Gasteiger partial charge is 0.240 e. The number of rotatable bonds is 5. The van der Waals surface area contributed by atoms with Crippen molar-refractivity contribution >= 4 is 26.0 Å². The molecular formula is C14H14BrNO3S. The highest BCUT2D eigenvalue weighted by atomic mass is 79.9. The molecule has 2 N–H and O–H groups in total. The van der Waals surface area contributed by atoms with E-state index in [-0.39, 0.29) is 18.0 Å². The Balaban J connectivity index is 2.06. The lowest BCUT2D eigenvalue weighted by atomic mass is 10.1. The van der Waals surface area contributed by atoms with Gasteiger partial charge in [-0.2, -0.15) is 0 Å². The number of hydrogen-bond donors (Lipinski definition) is 2. The number of hydrogen-bond acceptors (Lipinski definition) is 3. The van der Waals surface area contributed by atoms with Gasteiger partial charge >= 0.3 is 0 Å². The number of aliphatic hydroxyl groups excluding tert-OH is 1. The molecule has 0 radical (unpaired) electrons. The highest BCUT2D eigenvalue weighted by molar-refractivity contribution is 9.10. The second kappa shape index (κ2) is 6.49. The van der Waals surface area contributed by atoms with Crippen molar-refractivity contribution < 1.29 is 13.5 Å². The van der Waals surface area contributed by atoms with E-state index in [9.17, 15) is 8.42 Å². The van der Waals surface area contributed by atoms with E-state index in [0.717, 1.165) is 15.6 Å². The Morgan fingerprint density at radius 3 is 2.05 bits per heavy atom. The molecule has 0 aliphatic carbocycles. The average molecular weight is 356 g/mol. The van der Waals surface area contributed by atoms with Gasteiger partial charge in [0.15, 0.2) is 0 Å². The van der Waals surface area contributed by atoms with Crippen molar-refractivity contribution in [1.29, 1.82) is 0 Å². The fourth-order valence-corrected chi connectivity index (χ4v) is 2.92. The Labute approximate surface area is 126 Å². The second-order valence-electron chi connectivity index (χ2n) is 4.25. The molecule has 6 heteroatoms. The maximum atomic E-state index is 12.1. The van der Waals surface area contributed by atoms with Gasteiger partial charge in [0, 0.05) is 11.0 Å². The van der Waals surface area contributed by atoms with Gasteiger partial charge in [-0.3, -0.25) is 0 Å². The first-order valence-electron chi connectivity index (χ1n) is 5.95. The predicted molar refractivity (Wildman–Crippen MR) is 80.5 cm³/mol. The van der Waals surface area contributed by atoms with E-state index in [1.54, 1.807) is 48.5 Å². The van der Waals surface area contributed by atoms with Crippen molar-refractivity contribution in [3.05, 3.63) is 64.1 Å². The van der Waals surface area contributed by atoms with Gasteiger partial charge in [0.25, 0.3) is 0 Å². The third-order valence-corrected chi connectivity index (χ3v) is 4.74. The minimum absolute atomic E-state index is 0.0229. The molecule has 0 fully saturated rings. The van der Waals surface area contributed by atoms with E-state index in [0.29, 0.717) is 0 Å². The van der Waals surface area contributed by atoms with Crippen LogP contribution in [-0.4, -0.2) is 13.5 Å². The Bertz CT molecular complexity index is 667. The van der Waals surface area contributed by atoms with Crippen LogP contribution in [0, 0.1) is 0 Å². The zero-order valence-corrected chi connectivity index (χ0v) is 13.0. The van der Waals surface area contributed by atoms with Crippen LogP contribution < -0.4 is 4.72 Å². The van der Waals surface area contributed by atoms with Crippen molar-refractivity contribution in [3.8, 4) is 0 Å². The molecule has 0 bridgehead atoms. The summed E-state index contributed by atoms with van der Waals surface area (Å²) in [6.45, 7) is 0.189. The van der Waals surface area contributed by atoms with E-state index in [4.69, 9.17) is 5.11 Å². The average Bonchev–Trinajstić information content (AvgIpc) is 2.46. The lowest BCUT2D eigenvalue weighted by molar-refractivity contribution is 0.282. The maximum Gasteiger partial charge on any atom is 0.240 e. The summed E-state index contributed by atoms with van der Waals surface area (Å²) in [7, 11) is -3.51. The topological polar surface area (TPSA) is 66.4 Å². The first kappa shape index (κ1) is 15.2. The Hall–Kier alpha value is -1.21. The molecule has 0 aliphatic rings. The Morgan fingerprint density at radius 1 is 0.950 bits per heavy atom. The standard InChI is InChI=1S/C14H14BrNO3S/c15-13-5-7-14(8-6-13)20(18,19)16-9-11-1-3-12(10-17)4-2-11/h1-8,16-17H,9-10H2. The Morgan fingerprint density at radius 2 is 1.50 bits per heavy atom. The predicted octanol–water partition coefficient (Wildman–Crippen LogP) is 2.42. The highest BCUT2D eigenvalue weighted by Crippen LogP contribution is 2.15. The van der Waals surface area contributed by atoms with Crippen LogP contribution in [0.5, 0.6) is 0 Å². The summed E-state index contributed by atoms with van der Waals surface area (Å²) in [5.41, 5.74) is 1.63. The van der Waals surface area contributed by atoms with Crippen molar-refractivity contribution in [2.45, 2.75) is 18.0 Å². The molecule has 0 atom stereocenters. The summed E-state index contributed by atoms with van der Waals surface area (Å²) in [6, 6.07) is 13.6. The second-order valence-corrected chi connectivity index (χ2v) is 6.94.